The minimum absolute atomic E-state index is 0.0809. The van der Waals surface area contributed by atoms with E-state index >= 15 is 0 Å². The zero-order valence-electron chi connectivity index (χ0n) is 15.4. The highest BCUT2D eigenvalue weighted by molar-refractivity contribution is 5.80. The summed E-state index contributed by atoms with van der Waals surface area (Å²) in [5, 5.41) is 6.92. The van der Waals surface area contributed by atoms with Gasteiger partial charge in [0.2, 0.25) is 0 Å². The fourth-order valence-corrected chi connectivity index (χ4v) is 2.91. The molecule has 0 aliphatic rings. The summed E-state index contributed by atoms with van der Waals surface area (Å²) in [6, 6.07) is 16.6. The van der Waals surface area contributed by atoms with Crippen LogP contribution in [0.5, 0.6) is 0 Å². The first-order valence-corrected chi connectivity index (χ1v) is 8.95. The van der Waals surface area contributed by atoms with Crippen molar-refractivity contribution in [1.82, 2.24) is 10.5 Å². The largest absolute Gasteiger partial charge is 0.370 e. The molecule has 1 unspecified atom stereocenters. The molecular formula is C21H23FN4O. The molecule has 140 valence electrons. The van der Waals surface area contributed by atoms with Gasteiger partial charge in [0.1, 0.15) is 5.82 Å². The number of hydrogen-bond donors (Lipinski definition) is 2. The highest BCUT2D eigenvalue weighted by Crippen LogP contribution is 2.28. The molecule has 27 heavy (non-hydrogen) atoms. The summed E-state index contributed by atoms with van der Waals surface area (Å²) in [6.45, 7) is 4.64. The molecule has 0 radical (unpaired) electrons. The van der Waals surface area contributed by atoms with Gasteiger partial charge in [-0.25, -0.2) is 4.39 Å². The predicted molar refractivity (Wildman–Crippen MR) is 105 cm³/mol. The molecule has 2 aromatic carbocycles. The zero-order chi connectivity index (χ0) is 19.2. The SMILES string of the molecule is CCNC(N)=Nc1cc(CC(C)c2ccc(-c3ccccc3)c(F)c2)no1. The third-order valence-electron chi connectivity index (χ3n) is 4.30. The van der Waals surface area contributed by atoms with Crippen molar-refractivity contribution in [2.45, 2.75) is 26.2 Å². The second-order valence-corrected chi connectivity index (χ2v) is 6.39. The van der Waals surface area contributed by atoms with Crippen LogP contribution in [-0.2, 0) is 6.42 Å². The van der Waals surface area contributed by atoms with Gasteiger partial charge in [-0.1, -0.05) is 54.5 Å². The highest BCUT2D eigenvalue weighted by atomic mass is 19.1. The van der Waals surface area contributed by atoms with Gasteiger partial charge < -0.3 is 15.6 Å². The number of aromatic nitrogens is 1. The van der Waals surface area contributed by atoms with Crippen molar-refractivity contribution in [3.8, 4) is 11.1 Å². The lowest BCUT2D eigenvalue weighted by atomic mass is 9.94. The molecule has 1 atom stereocenters. The average Bonchev–Trinajstić information content (AvgIpc) is 3.09. The van der Waals surface area contributed by atoms with Crippen LogP contribution in [0.1, 0.15) is 31.0 Å². The van der Waals surface area contributed by atoms with Gasteiger partial charge in [-0.3, -0.25) is 0 Å². The van der Waals surface area contributed by atoms with Gasteiger partial charge in [0, 0.05) is 18.2 Å². The first kappa shape index (κ1) is 18.6. The Morgan fingerprint density at radius 2 is 2.00 bits per heavy atom. The Balaban J connectivity index is 1.72. The topological polar surface area (TPSA) is 76.4 Å². The molecule has 0 fully saturated rings. The number of guanidine groups is 1. The maximum absolute atomic E-state index is 14.6. The van der Waals surface area contributed by atoms with Crippen molar-refractivity contribution in [3.05, 3.63) is 71.7 Å². The first-order valence-electron chi connectivity index (χ1n) is 8.95. The Hall–Kier alpha value is -3.15. The standard InChI is InChI=1S/C21H23FN4O/c1-3-24-21(23)25-20-13-17(26-27-20)11-14(2)16-9-10-18(19(22)12-16)15-7-5-4-6-8-15/h4-10,12-14H,3,11H2,1-2H3,(H3,23,24,25). The Morgan fingerprint density at radius 1 is 1.22 bits per heavy atom. The van der Waals surface area contributed by atoms with Gasteiger partial charge in [-0.2, -0.15) is 4.99 Å². The van der Waals surface area contributed by atoms with E-state index in [1.54, 1.807) is 12.1 Å². The third-order valence-corrected chi connectivity index (χ3v) is 4.30. The van der Waals surface area contributed by atoms with E-state index in [1.165, 1.54) is 0 Å². The predicted octanol–water partition coefficient (Wildman–Crippen LogP) is 4.38. The maximum Gasteiger partial charge on any atom is 0.253 e. The molecule has 1 heterocycles. The summed E-state index contributed by atoms with van der Waals surface area (Å²) < 4.78 is 19.8. The van der Waals surface area contributed by atoms with E-state index in [1.807, 2.05) is 56.3 Å². The monoisotopic (exact) mass is 366 g/mol. The van der Waals surface area contributed by atoms with Crippen LogP contribution in [0.3, 0.4) is 0 Å². The third kappa shape index (κ3) is 4.73. The summed E-state index contributed by atoms with van der Waals surface area (Å²) in [4.78, 5) is 4.10. The molecule has 0 spiro atoms. The van der Waals surface area contributed by atoms with Crippen LogP contribution in [0.15, 0.2) is 64.1 Å². The molecule has 3 rings (SSSR count). The maximum atomic E-state index is 14.6. The van der Waals surface area contributed by atoms with Crippen LogP contribution in [0.4, 0.5) is 10.3 Å². The van der Waals surface area contributed by atoms with Crippen LogP contribution < -0.4 is 11.1 Å². The van der Waals surface area contributed by atoms with E-state index in [-0.39, 0.29) is 17.7 Å². The van der Waals surface area contributed by atoms with Crippen molar-refractivity contribution in [2.24, 2.45) is 10.7 Å². The molecule has 0 saturated heterocycles. The quantitative estimate of drug-likeness (QED) is 0.501. The lowest BCUT2D eigenvalue weighted by molar-refractivity contribution is 0.419. The molecule has 3 N–H and O–H groups in total. The molecule has 0 bridgehead atoms. The minimum Gasteiger partial charge on any atom is -0.370 e. The van der Waals surface area contributed by atoms with Gasteiger partial charge in [0.25, 0.3) is 5.88 Å². The van der Waals surface area contributed by atoms with E-state index < -0.39 is 0 Å². The fourth-order valence-electron chi connectivity index (χ4n) is 2.91. The van der Waals surface area contributed by atoms with Gasteiger partial charge >= 0.3 is 0 Å². The molecular weight excluding hydrogens is 343 g/mol. The van der Waals surface area contributed by atoms with Crippen molar-refractivity contribution >= 4 is 11.8 Å². The van der Waals surface area contributed by atoms with Gasteiger partial charge in [-0.05, 0) is 36.5 Å². The van der Waals surface area contributed by atoms with Crippen LogP contribution in [0.2, 0.25) is 0 Å². The second-order valence-electron chi connectivity index (χ2n) is 6.39. The minimum atomic E-state index is -0.227. The van der Waals surface area contributed by atoms with E-state index in [0.717, 1.165) is 16.8 Å². The molecule has 5 nitrogen and oxygen atoms in total. The summed E-state index contributed by atoms with van der Waals surface area (Å²) in [5.74, 6) is 0.486. The molecule has 0 aliphatic heterocycles. The number of nitrogens with one attached hydrogen (secondary N) is 1. The summed E-state index contributed by atoms with van der Waals surface area (Å²) in [5.41, 5.74) is 8.83. The van der Waals surface area contributed by atoms with Crippen LogP contribution in [-0.4, -0.2) is 17.7 Å². The highest BCUT2D eigenvalue weighted by Gasteiger charge is 2.14. The van der Waals surface area contributed by atoms with Crippen LogP contribution in [0, 0.1) is 5.82 Å². The summed E-state index contributed by atoms with van der Waals surface area (Å²) in [7, 11) is 0. The molecule has 0 aliphatic carbocycles. The van der Waals surface area contributed by atoms with Gasteiger partial charge in [0.05, 0.1) is 5.69 Å². The van der Waals surface area contributed by atoms with Crippen molar-refractivity contribution in [1.29, 1.82) is 0 Å². The lowest BCUT2D eigenvalue weighted by Gasteiger charge is -2.12. The Kier molecular flexibility index (Phi) is 5.86. The summed E-state index contributed by atoms with van der Waals surface area (Å²) in [6.07, 6.45) is 0.615. The molecule has 0 amide bonds. The number of benzene rings is 2. The van der Waals surface area contributed by atoms with Crippen LogP contribution in [0.25, 0.3) is 11.1 Å². The molecule has 0 saturated carbocycles. The number of halogens is 1. The van der Waals surface area contributed by atoms with Crippen molar-refractivity contribution in [2.75, 3.05) is 6.54 Å². The Bertz CT molecular complexity index is 921. The second kappa shape index (κ2) is 8.49. The average molecular weight is 366 g/mol. The van der Waals surface area contributed by atoms with Crippen molar-refractivity contribution < 1.29 is 8.91 Å². The van der Waals surface area contributed by atoms with Gasteiger partial charge in [0.15, 0.2) is 5.96 Å². The van der Waals surface area contributed by atoms with E-state index in [0.29, 0.717) is 24.4 Å². The Labute approximate surface area is 158 Å². The van der Waals surface area contributed by atoms with Crippen molar-refractivity contribution in [3.63, 3.8) is 0 Å². The normalized spacial score (nSPS) is 12.8. The number of nitrogens with two attached hydrogens (primary N) is 1. The molecule has 3 aromatic rings. The lowest BCUT2D eigenvalue weighted by Crippen LogP contribution is -2.30. The molecule has 1 aromatic heterocycles. The van der Waals surface area contributed by atoms with Crippen LogP contribution >= 0.6 is 0 Å². The Morgan fingerprint density at radius 3 is 2.70 bits per heavy atom. The number of rotatable bonds is 6. The van der Waals surface area contributed by atoms with E-state index in [2.05, 4.69) is 15.5 Å². The number of aliphatic imine (C=N–C) groups is 1. The van der Waals surface area contributed by atoms with Gasteiger partial charge in [-0.15, -0.1) is 0 Å². The zero-order valence-corrected chi connectivity index (χ0v) is 15.4. The fraction of sp³-hybridized carbons (Fsp3) is 0.238. The number of nitrogens with zero attached hydrogens (tertiary/aromatic N) is 2. The smallest absolute Gasteiger partial charge is 0.253 e. The summed E-state index contributed by atoms with van der Waals surface area (Å²) >= 11 is 0. The first-order chi connectivity index (χ1) is 13.1. The molecule has 6 heteroatoms. The van der Waals surface area contributed by atoms with E-state index in [9.17, 15) is 4.39 Å². The number of hydrogen-bond acceptors (Lipinski definition) is 3. The van der Waals surface area contributed by atoms with E-state index in [4.69, 9.17) is 10.3 Å².